The van der Waals surface area contributed by atoms with Gasteiger partial charge >= 0.3 is 0 Å². The van der Waals surface area contributed by atoms with Crippen molar-refractivity contribution in [3.05, 3.63) is 60.2 Å². The smallest absolute Gasteiger partial charge is 0.225 e. The lowest BCUT2D eigenvalue weighted by Crippen LogP contribution is -2.34. The minimum Gasteiger partial charge on any atom is -0.393 e. The van der Waals surface area contributed by atoms with Gasteiger partial charge in [-0.15, -0.1) is 0 Å². The van der Waals surface area contributed by atoms with Crippen molar-refractivity contribution < 1.29 is 9.90 Å². The summed E-state index contributed by atoms with van der Waals surface area (Å²) in [5.74, 6) is -0.541. The van der Waals surface area contributed by atoms with Crippen LogP contribution in [0, 0.1) is 5.92 Å². The molecule has 0 aromatic heterocycles. The number of aliphatic hydroxyl groups excluding tert-OH is 1. The molecule has 1 unspecified atom stereocenters. The van der Waals surface area contributed by atoms with Crippen molar-refractivity contribution >= 4 is 38.2 Å². The minimum absolute atomic E-state index is 0.124. The fourth-order valence-electron chi connectivity index (χ4n) is 3.51. The van der Waals surface area contributed by atoms with E-state index in [1.165, 1.54) is 32.3 Å². The average molecular weight is 331 g/mol. The predicted octanol–water partition coefficient (Wildman–Crippen LogP) is 4.22. The van der Waals surface area contributed by atoms with E-state index in [1.54, 1.807) is 13.8 Å². The first-order chi connectivity index (χ1) is 12.1. The summed E-state index contributed by atoms with van der Waals surface area (Å²) in [4.78, 5) is 12.2. The number of rotatable bonds is 4. The number of hydrogen-bond donors (Lipinski definition) is 2. The van der Waals surface area contributed by atoms with Gasteiger partial charge in [-0.25, -0.2) is 0 Å². The molecule has 4 aromatic rings. The summed E-state index contributed by atoms with van der Waals surface area (Å²) >= 11 is 0. The molecular formula is C22H21NO2. The van der Waals surface area contributed by atoms with Crippen LogP contribution in [0.2, 0.25) is 0 Å². The summed E-state index contributed by atoms with van der Waals surface area (Å²) < 4.78 is 0. The van der Waals surface area contributed by atoms with E-state index in [0.29, 0.717) is 6.54 Å². The standard InChI is InChI=1S/C22H21NO2/c1-13(14(2)24)22(25)23-12-18-9-8-17-7-6-15-4-3-5-16-10-11-19(18)21(17)20(15)16/h3-11,13-14,24H,12H2,1-2H3,(H,23,25)/t13?,14-/m1/s1. The Bertz CT molecular complexity index is 1050. The van der Waals surface area contributed by atoms with Gasteiger partial charge in [0, 0.05) is 6.54 Å². The molecule has 0 radical (unpaired) electrons. The molecule has 126 valence electrons. The molecule has 0 saturated carbocycles. The Labute approximate surface area is 146 Å². The normalized spacial score (nSPS) is 14.2. The van der Waals surface area contributed by atoms with Gasteiger partial charge in [-0.2, -0.15) is 0 Å². The largest absolute Gasteiger partial charge is 0.393 e. The van der Waals surface area contributed by atoms with E-state index in [9.17, 15) is 9.90 Å². The van der Waals surface area contributed by atoms with E-state index in [1.807, 2.05) is 0 Å². The number of aliphatic hydroxyl groups is 1. The maximum absolute atomic E-state index is 12.2. The lowest BCUT2D eigenvalue weighted by Gasteiger charge is -2.17. The van der Waals surface area contributed by atoms with Crippen molar-refractivity contribution in [2.75, 3.05) is 0 Å². The molecule has 3 heteroatoms. The zero-order chi connectivity index (χ0) is 17.6. The van der Waals surface area contributed by atoms with Crippen LogP contribution in [0.1, 0.15) is 19.4 Å². The van der Waals surface area contributed by atoms with Gasteiger partial charge in [0.2, 0.25) is 5.91 Å². The van der Waals surface area contributed by atoms with Gasteiger partial charge in [0.15, 0.2) is 0 Å². The lowest BCUT2D eigenvalue weighted by molar-refractivity contribution is -0.127. The van der Waals surface area contributed by atoms with E-state index in [-0.39, 0.29) is 5.91 Å². The molecule has 0 saturated heterocycles. The third kappa shape index (κ3) is 2.61. The summed E-state index contributed by atoms with van der Waals surface area (Å²) in [7, 11) is 0. The van der Waals surface area contributed by atoms with Crippen LogP contribution in [0.3, 0.4) is 0 Å². The molecular weight excluding hydrogens is 310 g/mol. The topological polar surface area (TPSA) is 49.3 Å². The Morgan fingerprint density at radius 1 is 0.920 bits per heavy atom. The van der Waals surface area contributed by atoms with E-state index in [2.05, 4.69) is 59.9 Å². The monoisotopic (exact) mass is 331 g/mol. The van der Waals surface area contributed by atoms with Gasteiger partial charge in [-0.3, -0.25) is 4.79 Å². The first kappa shape index (κ1) is 15.9. The predicted molar refractivity (Wildman–Crippen MR) is 103 cm³/mol. The van der Waals surface area contributed by atoms with Gasteiger partial charge in [-0.05, 0) is 44.8 Å². The maximum Gasteiger partial charge on any atom is 0.225 e. The molecule has 2 N–H and O–H groups in total. The average Bonchev–Trinajstić information content (AvgIpc) is 2.63. The highest BCUT2D eigenvalue weighted by molar-refractivity contribution is 6.23. The van der Waals surface area contributed by atoms with Gasteiger partial charge in [0.25, 0.3) is 0 Å². The molecule has 0 aliphatic heterocycles. The van der Waals surface area contributed by atoms with Crippen LogP contribution in [0.15, 0.2) is 54.6 Å². The lowest BCUT2D eigenvalue weighted by atomic mass is 9.92. The minimum atomic E-state index is -0.652. The number of amides is 1. The zero-order valence-electron chi connectivity index (χ0n) is 14.4. The molecule has 3 nitrogen and oxygen atoms in total. The highest BCUT2D eigenvalue weighted by atomic mass is 16.3. The zero-order valence-corrected chi connectivity index (χ0v) is 14.4. The molecule has 4 aromatic carbocycles. The quantitative estimate of drug-likeness (QED) is 0.550. The Kier molecular flexibility index (Phi) is 3.81. The first-order valence-corrected chi connectivity index (χ1v) is 8.67. The second-order valence-corrected chi connectivity index (χ2v) is 6.83. The van der Waals surface area contributed by atoms with Crippen molar-refractivity contribution in [1.29, 1.82) is 0 Å². The molecule has 2 atom stereocenters. The molecule has 4 rings (SSSR count). The first-order valence-electron chi connectivity index (χ1n) is 8.67. The Hall–Kier alpha value is -2.65. The van der Waals surface area contributed by atoms with Gasteiger partial charge in [0.05, 0.1) is 12.0 Å². The fourth-order valence-corrected chi connectivity index (χ4v) is 3.51. The van der Waals surface area contributed by atoms with Crippen molar-refractivity contribution in [3.63, 3.8) is 0 Å². The molecule has 1 amide bonds. The Morgan fingerprint density at radius 3 is 2.20 bits per heavy atom. The summed E-state index contributed by atoms with van der Waals surface area (Å²) in [6.45, 7) is 3.84. The van der Waals surface area contributed by atoms with Crippen molar-refractivity contribution in [1.82, 2.24) is 5.32 Å². The second-order valence-electron chi connectivity index (χ2n) is 6.83. The number of benzene rings is 4. The molecule has 0 heterocycles. The van der Waals surface area contributed by atoms with Crippen LogP contribution in [0.4, 0.5) is 0 Å². The van der Waals surface area contributed by atoms with Crippen LogP contribution in [-0.2, 0) is 11.3 Å². The summed E-state index contributed by atoms with van der Waals surface area (Å²) in [6, 6.07) is 19.2. The molecule has 25 heavy (non-hydrogen) atoms. The number of carbonyl (C=O) groups excluding carboxylic acids is 1. The van der Waals surface area contributed by atoms with Crippen molar-refractivity contribution in [2.24, 2.45) is 5.92 Å². The number of hydrogen-bond acceptors (Lipinski definition) is 2. The fraction of sp³-hybridized carbons (Fsp3) is 0.227. The number of nitrogens with one attached hydrogen (secondary N) is 1. The van der Waals surface area contributed by atoms with Crippen LogP contribution in [0.5, 0.6) is 0 Å². The molecule has 0 spiro atoms. The Morgan fingerprint density at radius 2 is 1.52 bits per heavy atom. The summed E-state index contributed by atoms with van der Waals surface area (Å²) in [5, 5.41) is 19.9. The van der Waals surface area contributed by atoms with Crippen LogP contribution in [-0.4, -0.2) is 17.1 Å². The molecule has 0 aliphatic rings. The van der Waals surface area contributed by atoms with E-state index < -0.39 is 12.0 Å². The molecule has 0 bridgehead atoms. The van der Waals surface area contributed by atoms with Crippen LogP contribution >= 0.6 is 0 Å². The van der Waals surface area contributed by atoms with E-state index in [0.717, 1.165) is 5.56 Å². The van der Waals surface area contributed by atoms with Crippen molar-refractivity contribution in [2.45, 2.75) is 26.5 Å². The van der Waals surface area contributed by atoms with E-state index in [4.69, 9.17) is 0 Å². The van der Waals surface area contributed by atoms with Crippen LogP contribution < -0.4 is 5.32 Å². The summed E-state index contributed by atoms with van der Waals surface area (Å²) in [5.41, 5.74) is 1.09. The van der Waals surface area contributed by atoms with E-state index >= 15 is 0 Å². The number of carbonyl (C=O) groups is 1. The van der Waals surface area contributed by atoms with Gasteiger partial charge < -0.3 is 10.4 Å². The highest BCUT2D eigenvalue weighted by Gasteiger charge is 2.18. The Balaban J connectivity index is 1.79. The second kappa shape index (κ2) is 6.01. The van der Waals surface area contributed by atoms with Crippen LogP contribution in [0.25, 0.3) is 32.3 Å². The third-order valence-electron chi connectivity index (χ3n) is 5.21. The third-order valence-corrected chi connectivity index (χ3v) is 5.21. The van der Waals surface area contributed by atoms with Gasteiger partial charge in [-0.1, -0.05) is 61.5 Å². The SMILES string of the molecule is CC(C(=O)NCc1ccc2ccc3cccc4ccc1c2c34)[C@@H](C)O. The maximum atomic E-state index is 12.2. The molecule has 0 aliphatic carbocycles. The van der Waals surface area contributed by atoms with Crippen molar-refractivity contribution in [3.8, 4) is 0 Å². The van der Waals surface area contributed by atoms with Gasteiger partial charge in [0.1, 0.15) is 0 Å². The summed E-state index contributed by atoms with van der Waals surface area (Å²) in [6.07, 6.45) is -0.652. The highest BCUT2D eigenvalue weighted by Crippen LogP contribution is 2.35. The molecule has 0 fully saturated rings.